The van der Waals surface area contributed by atoms with Gasteiger partial charge in [-0.2, -0.15) is 15.4 Å². The molecule has 66 heavy (non-hydrogen) atoms. The molecule has 21 nitrogen and oxygen atoms in total. The minimum atomic E-state index is -1.47. The molecule has 0 fully saturated rings. The van der Waals surface area contributed by atoms with Gasteiger partial charge in [0.25, 0.3) is 23.6 Å². The van der Waals surface area contributed by atoms with E-state index in [0.29, 0.717) is 16.9 Å². The maximum Gasteiger partial charge on any atom is 0.339 e. The minimum Gasteiger partial charge on any atom is -0.507 e. The van der Waals surface area contributed by atoms with E-state index >= 15 is 0 Å². The van der Waals surface area contributed by atoms with E-state index in [1.807, 2.05) is 19.1 Å². The lowest BCUT2D eigenvalue weighted by Crippen LogP contribution is -2.45. The molecule has 5 amide bonds. The number of aromatic amines is 1. The molecule has 7 aromatic rings. The van der Waals surface area contributed by atoms with Crippen LogP contribution in [0.15, 0.2) is 103 Å². The molecule has 1 atom stereocenters. The molecule has 3 aromatic heterocycles. The van der Waals surface area contributed by atoms with Crippen LogP contribution >= 0.6 is 0 Å². The summed E-state index contributed by atoms with van der Waals surface area (Å²) < 4.78 is 0. The zero-order valence-electron chi connectivity index (χ0n) is 34.5. The van der Waals surface area contributed by atoms with Crippen LogP contribution in [0.4, 0.5) is 22.7 Å². The number of anilines is 4. The third-order valence-corrected chi connectivity index (χ3v) is 10.1. The van der Waals surface area contributed by atoms with Crippen LogP contribution in [0.5, 0.6) is 11.5 Å². The number of aliphatic hydroxyl groups is 2. The molecular weight excluding hydrogens is 857 g/mol. The van der Waals surface area contributed by atoms with Crippen LogP contribution in [0.2, 0.25) is 0 Å². The monoisotopic (exact) mass is 894 g/mol. The lowest BCUT2D eigenvalue weighted by molar-refractivity contribution is -0.118. The van der Waals surface area contributed by atoms with Gasteiger partial charge in [-0.1, -0.05) is 6.07 Å². The second-order valence-electron chi connectivity index (χ2n) is 14.5. The van der Waals surface area contributed by atoms with Gasteiger partial charge in [-0.15, -0.1) is 0 Å². The summed E-state index contributed by atoms with van der Waals surface area (Å²) >= 11 is 0. The number of H-pyrrole nitrogens is 1. The highest BCUT2D eigenvalue weighted by Gasteiger charge is 2.25. The number of nitrogens with zero attached hydrogens (tertiary/aromatic N) is 4. The lowest BCUT2D eigenvalue weighted by Gasteiger charge is -2.18. The Morgan fingerprint density at radius 2 is 1.30 bits per heavy atom. The summed E-state index contributed by atoms with van der Waals surface area (Å²) in [6.07, 6.45) is 2.51. The minimum absolute atomic E-state index is 0.0648. The van der Waals surface area contributed by atoms with Crippen LogP contribution in [0.25, 0.3) is 10.9 Å². The number of pyridine rings is 2. The van der Waals surface area contributed by atoms with Crippen LogP contribution in [-0.4, -0.2) is 92.5 Å². The average Bonchev–Trinajstić information content (AvgIpc) is 3.82. The summed E-state index contributed by atoms with van der Waals surface area (Å²) in [6.45, 7) is 0.212. The van der Waals surface area contributed by atoms with Crippen LogP contribution < -0.4 is 26.6 Å². The van der Waals surface area contributed by atoms with Crippen LogP contribution in [0.3, 0.4) is 0 Å². The van der Waals surface area contributed by atoms with Crippen molar-refractivity contribution in [3.63, 3.8) is 0 Å². The second kappa shape index (κ2) is 19.5. The Kier molecular flexibility index (Phi) is 13.3. The van der Waals surface area contributed by atoms with Crippen LogP contribution in [-0.2, 0) is 24.4 Å². The number of carboxylic acid groups (broad SMARTS) is 1. The van der Waals surface area contributed by atoms with E-state index in [4.69, 9.17) is 0 Å². The van der Waals surface area contributed by atoms with E-state index in [1.54, 1.807) is 30.3 Å². The fourth-order valence-corrected chi connectivity index (χ4v) is 6.65. The maximum absolute atomic E-state index is 13.6. The Labute approximate surface area is 372 Å². The maximum atomic E-state index is 13.6. The van der Waals surface area contributed by atoms with Gasteiger partial charge < -0.3 is 52.1 Å². The SMILES string of the molecule is Cc1ccc2cc(C(=O)Nc3ccc(C(=O)N[C@@H](Cc4cn[nH]n4)C(=O)Nc4ccc(C(=O)Nc5ccc(C(=O)Nc6ccc(C(=O)O)c(O)c6CO)c(O)c5CO)nc4)cc3)ccc2n1. The molecule has 0 saturated carbocycles. The molecule has 0 aliphatic heterocycles. The fraction of sp³-hybridized carbons (Fsp3) is 0.111. The number of nitrogens with one attached hydrogen (secondary N) is 6. The molecule has 334 valence electrons. The molecule has 0 spiro atoms. The molecule has 0 radical (unpaired) electrons. The van der Waals surface area contributed by atoms with Gasteiger partial charge in [0.1, 0.15) is 28.8 Å². The molecule has 11 N–H and O–H groups in total. The molecule has 0 unspecified atom stereocenters. The summed E-state index contributed by atoms with van der Waals surface area (Å²) in [5.41, 5.74) is 1.35. The first kappa shape index (κ1) is 45.0. The summed E-state index contributed by atoms with van der Waals surface area (Å²) in [6, 6.07) is 21.0. The highest BCUT2D eigenvalue weighted by molar-refractivity contribution is 6.10. The number of carbonyl (C=O) groups is 6. The number of aliphatic hydroxyl groups excluding tert-OH is 2. The van der Waals surface area contributed by atoms with Gasteiger partial charge in [-0.25, -0.2) is 9.78 Å². The number of phenols is 2. The molecule has 0 bridgehead atoms. The molecule has 0 saturated heterocycles. The van der Waals surface area contributed by atoms with Gasteiger partial charge in [0.15, 0.2) is 0 Å². The number of rotatable bonds is 15. The summed E-state index contributed by atoms with van der Waals surface area (Å²) in [5, 5.41) is 74.2. The lowest BCUT2D eigenvalue weighted by atomic mass is 10.0. The zero-order chi connectivity index (χ0) is 47.1. The number of aromatic nitrogens is 5. The number of hydrogen-bond donors (Lipinski definition) is 11. The van der Waals surface area contributed by atoms with Gasteiger partial charge in [0.2, 0.25) is 5.91 Å². The van der Waals surface area contributed by atoms with Gasteiger partial charge in [-0.05, 0) is 91.9 Å². The van der Waals surface area contributed by atoms with Crippen LogP contribution in [0.1, 0.15) is 74.4 Å². The third-order valence-electron chi connectivity index (χ3n) is 10.1. The number of amides is 5. The topological polar surface area (TPSA) is 331 Å². The molecule has 0 aliphatic rings. The van der Waals surface area contributed by atoms with Crippen molar-refractivity contribution < 1.29 is 54.3 Å². The second-order valence-corrected chi connectivity index (χ2v) is 14.5. The molecule has 3 heterocycles. The Hall–Kier alpha value is -9.08. The zero-order valence-corrected chi connectivity index (χ0v) is 34.5. The Balaban J connectivity index is 0.979. The van der Waals surface area contributed by atoms with E-state index in [-0.39, 0.29) is 57.3 Å². The average molecular weight is 895 g/mol. The Bertz CT molecular complexity index is 3020. The number of hydrogen-bond acceptors (Lipinski definition) is 14. The van der Waals surface area contributed by atoms with Crippen molar-refractivity contribution in [1.82, 2.24) is 30.7 Å². The number of aromatic hydroxyl groups is 2. The highest BCUT2D eigenvalue weighted by Crippen LogP contribution is 2.34. The van der Waals surface area contributed by atoms with E-state index in [2.05, 4.69) is 52.0 Å². The number of aromatic carboxylic acids is 1. The fourth-order valence-electron chi connectivity index (χ4n) is 6.65. The first-order valence-electron chi connectivity index (χ1n) is 19.7. The first-order chi connectivity index (χ1) is 31.7. The molecule has 0 aliphatic carbocycles. The van der Waals surface area contributed by atoms with Crippen molar-refractivity contribution >= 4 is 69.2 Å². The van der Waals surface area contributed by atoms with Gasteiger partial charge >= 0.3 is 5.97 Å². The molecule has 21 heteroatoms. The smallest absolute Gasteiger partial charge is 0.339 e. The van der Waals surface area contributed by atoms with Crippen molar-refractivity contribution in [3.05, 3.63) is 154 Å². The first-order valence-corrected chi connectivity index (χ1v) is 19.7. The van der Waals surface area contributed by atoms with Crippen molar-refractivity contribution in [3.8, 4) is 11.5 Å². The quantitative estimate of drug-likeness (QED) is 0.0696. The number of aryl methyl sites for hydroxylation is 1. The van der Waals surface area contributed by atoms with E-state index in [0.717, 1.165) is 34.8 Å². The predicted octanol–water partition coefficient (Wildman–Crippen LogP) is 3.89. The van der Waals surface area contributed by atoms with Crippen molar-refractivity contribution in [1.29, 1.82) is 0 Å². The van der Waals surface area contributed by atoms with Crippen molar-refractivity contribution in [2.45, 2.75) is 32.6 Å². The van der Waals surface area contributed by atoms with E-state index < -0.39 is 65.9 Å². The molecule has 4 aromatic carbocycles. The highest BCUT2D eigenvalue weighted by atomic mass is 16.4. The van der Waals surface area contributed by atoms with Gasteiger partial charge in [-0.3, -0.25) is 29.0 Å². The number of carbonyl (C=O) groups excluding carboxylic acids is 5. The van der Waals surface area contributed by atoms with Crippen molar-refractivity contribution in [2.24, 2.45) is 0 Å². The standard InChI is InChI=1S/C45H38N10O11/c1-22-2-3-24-16-25(6-12-33(24)48-22)41(61)49-26-7-4-23(5-8-26)40(60)53-37(17-28-19-47-55-54-28)44(64)50-27-9-13-36(46-18-27)43(63)52-35-14-10-29(38(58)31(35)20-56)42(62)51-34-15-11-30(45(65)66)39(59)32(34)21-57/h2-16,18-19,37,56-59H,17,20-21H2,1H3,(H,49,61)(H,50,64)(H,51,62)(H,52,63)(H,53,60)(H,65,66)(H,47,54,55)/t37-/m0/s1. The third kappa shape index (κ3) is 10.1. The predicted molar refractivity (Wildman–Crippen MR) is 236 cm³/mol. The number of fused-ring (bicyclic) bond motifs is 1. The summed E-state index contributed by atoms with van der Waals surface area (Å²) in [7, 11) is 0. The summed E-state index contributed by atoms with van der Waals surface area (Å²) in [5.74, 6) is -6.34. The van der Waals surface area contributed by atoms with Crippen LogP contribution in [0, 0.1) is 6.92 Å². The van der Waals surface area contributed by atoms with E-state index in [9.17, 15) is 54.3 Å². The molecule has 7 rings (SSSR count). The molecular formula is C45H38N10O11. The summed E-state index contributed by atoms with van der Waals surface area (Å²) in [4.78, 5) is 86.2. The normalized spacial score (nSPS) is 11.3. The largest absolute Gasteiger partial charge is 0.507 e. The van der Waals surface area contributed by atoms with Gasteiger partial charge in [0.05, 0.1) is 59.4 Å². The number of benzene rings is 4. The van der Waals surface area contributed by atoms with E-state index in [1.165, 1.54) is 42.7 Å². The Morgan fingerprint density at radius 1 is 0.652 bits per heavy atom. The number of carboxylic acids is 1. The Morgan fingerprint density at radius 3 is 1.94 bits per heavy atom. The van der Waals surface area contributed by atoms with Crippen molar-refractivity contribution in [2.75, 3.05) is 21.3 Å². The van der Waals surface area contributed by atoms with Gasteiger partial charge in [0, 0.05) is 45.4 Å².